The number of hydrogen-bond donors (Lipinski definition) is 2. The van der Waals surface area contributed by atoms with Crippen LogP contribution in [0.15, 0.2) is 36.4 Å². The molecule has 3 aromatic rings. The highest BCUT2D eigenvalue weighted by Crippen LogP contribution is 2.40. The molecule has 2 heterocycles. The predicted octanol–water partition coefficient (Wildman–Crippen LogP) is 3.50. The van der Waals surface area contributed by atoms with Crippen molar-refractivity contribution in [1.82, 2.24) is 19.8 Å². The van der Waals surface area contributed by atoms with Gasteiger partial charge in [0, 0.05) is 36.8 Å². The first-order valence-corrected chi connectivity index (χ1v) is 15.3. The van der Waals surface area contributed by atoms with Crippen molar-refractivity contribution in [3.63, 3.8) is 0 Å². The van der Waals surface area contributed by atoms with Crippen molar-refractivity contribution in [2.24, 2.45) is 0 Å². The highest BCUT2D eigenvalue weighted by atomic mass is 32.2. The van der Waals surface area contributed by atoms with Gasteiger partial charge in [-0.2, -0.15) is 5.26 Å². The molecule has 1 aromatic heterocycles. The molecule has 0 amide bonds. The molecule has 0 spiro atoms. The molecule has 2 aromatic carbocycles. The molecule has 1 saturated heterocycles. The van der Waals surface area contributed by atoms with Gasteiger partial charge in [0.2, 0.25) is 10.0 Å². The van der Waals surface area contributed by atoms with Crippen molar-refractivity contribution in [2.75, 3.05) is 25.4 Å². The van der Waals surface area contributed by atoms with Gasteiger partial charge in [-0.3, -0.25) is 4.90 Å². The summed E-state index contributed by atoms with van der Waals surface area (Å²) in [5, 5.41) is 29.5. The van der Waals surface area contributed by atoms with Gasteiger partial charge in [0.25, 0.3) is 0 Å². The minimum absolute atomic E-state index is 0.0106. The number of aliphatic hydroxyl groups is 1. The summed E-state index contributed by atoms with van der Waals surface area (Å²) in [6.07, 6.45) is 1.72. The van der Waals surface area contributed by atoms with Crippen LogP contribution in [0.1, 0.15) is 49.4 Å². The maximum Gasteiger partial charge on any atom is 0.213 e. The molecule has 0 bridgehead atoms. The van der Waals surface area contributed by atoms with E-state index in [1.807, 2.05) is 43.0 Å². The van der Waals surface area contributed by atoms with Crippen molar-refractivity contribution in [1.29, 1.82) is 5.26 Å². The number of likely N-dealkylation sites (tertiary alicyclic amines) is 1. The van der Waals surface area contributed by atoms with Crippen LogP contribution >= 0.6 is 11.3 Å². The predicted molar refractivity (Wildman–Crippen MR) is 146 cm³/mol. The number of rotatable bonds is 9. The Morgan fingerprint density at radius 1 is 1.24 bits per heavy atom. The van der Waals surface area contributed by atoms with Crippen molar-refractivity contribution in [2.45, 2.75) is 51.4 Å². The molecular formula is C27H31N5O4S2. The molecule has 0 saturated carbocycles. The second-order valence-electron chi connectivity index (χ2n) is 10.0. The number of aliphatic hydroxyl groups excluding tert-OH is 1. The molecule has 1 fully saturated rings. The summed E-state index contributed by atoms with van der Waals surface area (Å²) in [6, 6.07) is 13.3. The molecule has 200 valence electrons. The zero-order valence-electron chi connectivity index (χ0n) is 21.4. The van der Waals surface area contributed by atoms with Crippen molar-refractivity contribution in [3.8, 4) is 33.0 Å². The number of ether oxygens (including phenoxy) is 1. The van der Waals surface area contributed by atoms with Crippen LogP contribution in [0.2, 0.25) is 0 Å². The Kier molecular flexibility index (Phi) is 7.79. The molecule has 11 heteroatoms. The third-order valence-electron chi connectivity index (χ3n) is 6.88. The average molecular weight is 554 g/mol. The topological polar surface area (TPSA) is 128 Å². The summed E-state index contributed by atoms with van der Waals surface area (Å²) in [4.78, 5) is 1.99. The molecule has 2 aliphatic rings. The fourth-order valence-electron chi connectivity index (χ4n) is 5.07. The van der Waals surface area contributed by atoms with Crippen molar-refractivity contribution in [3.05, 3.63) is 53.1 Å². The molecule has 2 atom stereocenters. The lowest BCUT2D eigenvalue weighted by atomic mass is 10.0. The number of β-amino-alcohol motifs (C(OH)–C–C–N with tert-alkyl or cyclic N) is 1. The standard InChI is InChI=1S/C27H31N5O4S2/c1-17(2)36-25-9-6-18(14-19(25)15-28)26-29-30-27(37-26)23-5-3-4-22-21(23)7-8-24(22)31-38(34,35)13-12-32-11-10-20(33)16-32/h3-6,9,14,17,20,24,31,33H,7-8,10-13,16H2,1-2H3/t20?,24-/m0/s1. The van der Waals surface area contributed by atoms with Crippen LogP contribution in [0.5, 0.6) is 5.75 Å². The second-order valence-corrected chi connectivity index (χ2v) is 12.9. The Bertz CT molecular complexity index is 1460. The molecule has 5 rings (SSSR count). The summed E-state index contributed by atoms with van der Waals surface area (Å²) < 4.78 is 34.3. The highest BCUT2D eigenvalue weighted by molar-refractivity contribution is 7.89. The number of sulfonamides is 1. The monoisotopic (exact) mass is 553 g/mol. The first-order valence-electron chi connectivity index (χ1n) is 12.8. The number of aromatic nitrogens is 2. The van der Waals surface area contributed by atoms with E-state index in [1.54, 1.807) is 12.1 Å². The molecule has 1 aliphatic heterocycles. The fourth-order valence-corrected chi connectivity index (χ4v) is 7.26. The fraction of sp³-hybridized carbons (Fsp3) is 0.444. The highest BCUT2D eigenvalue weighted by Gasteiger charge is 2.30. The zero-order chi connectivity index (χ0) is 26.9. The first-order chi connectivity index (χ1) is 18.2. The first kappa shape index (κ1) is 26.7. The molecule has 38 heavy (non-hydrogen) atoms. The normalized spacial score (nSPS) is 19.6. The molecular weight excluding hydrogens is 522 g/mol. The van der Waals surface area contributed by atoms with Gasteiger partial charge in [-0.05, 0) is 62.4 Å². The number of nitrogens with one attached hydrogen (secondary N) is 1. The number of benzene rings is 2. The molecule has 9 nitrogen and oxygen atoms in total. The van der Waals surface area contributed by atoms with E-state index in [2.05, 4.69) is 21.0 Å². The van der Waals surface area contributed by atoms with Crippen LogP contribution in [0.3, 0.4) is 0 Å². The maximum atomic E-state index is 12.8. The number of hydrogen-bond acceptors (Lipinski definition) is 9. The Labute approximate surface area is 227 Å². The van der Waals surface area contributed by atoms with Gasteiger partial charge in [-0.1, -0.05) is 29.5 Å². The van der Waals surface area contributed by atoms with Gasteiger partial charge in [0.1, 0.15) is 21.8 Å². The minimum Gasteiger partial charge on any atom is -0.490 e. The van der Waals surface area contributed by atoms with Gasteiger partial charge < -0.3 is 9.84 Å². The molecule has 1 aliphatic carbocycles. The summed E-state index contributed by atoms with van der Waals surface area (Å²) >= 11 is 1.44. The van der Waals surface area contributed by atoms with Gasteiger partial charge in [0.15, 0.2) is 0 Å². The SMILES string of the molecule is CC(C)Oc1ccc(-c2nnc(-c3cccc4c3CC[C@@H]4NS(=O)(=O)CCN3CCC(O)C3)s2)cc1C#N. The Morgan fingerprint density at radius 3 is 2.79 bits per heavy atom. The van der Waals surface area contributed by atoms with Gasteiger partial charge >= 0.3 is 0 Å². The number of fused-ring (bicyclic) bond motifs is 1. The lowest BCUT2D eigenvalue weighted by Gasteiger charge is -2.18. The summed E-state index contributed by atoms with van der Waals surface area (Å²) in [5.41, 5.74) is 4.26. The number of nitriles is 1. The lowest BCUT2D eigenvalue weighted by Crippen LogP contribution is -2.35. The molecule has 0 radical (unpaired) electrons. The smallest absolute Gasteiger partial charge is 0.213 e. The number of nitrogens with zero attached hydrogens (tertiary/aromatic N) is 4. The van der Waals surface area contributed by atoms with E-state index >= 15 is 0 Å². The van der Waals surface area contributed by atoms with Crippen LogP contribution in [-0.2, 0) is 16.4 Å². The Hall–Kier alpha value is -2.88. The maximum absolute atomic E-state index is 12.8. The minimum atomic E-state index is -3.48. The van der Waals surface area contributed by atoms with Crippen molar-refractivity contribution >= 4 is 21.4 Å². The largest absolute Gasteiger partial charge is 0.490 e. The summed E-state index contributed by atoms with van der Waals surface area (Å²) in [5.74, 6) is 0.555. The molecule has 2 N–H and O–H groups in total. The van der Waals surface area contributed by atoms with Crippen LogP contribution in [-0.4, -0.2) is 66.2 Å². The van der Waals surface area contributed by atoms with Crippen LogP contribution < -0.4 is 9.46 Å². The van der Waals surface area contributed by atoms with Gasteiger partial charge in [-0.15, -0.1) is 10.2 Å². The second kappa shape index (κ2) is 11.1. The molecule has 1 unspecified atom stereocenters. The third-order valence-corrected chi connectivity index (χ3v) is 9.25. The van der Waals surface area contributed by atoms with Crippen LogP contribution in [0.25, 0.3) is 21.1 Å². The van der Waals surface area contributed by atoms with Gasteiger partial charge in [0.05, 0.1) is 23.5 Å². The summed E-state index contributed by atoms with van der Waals surface area (Å²) in [7, 11) is -3.48. The van der Waals surface area contributed by atoms with E-state index in [9.17, 15) is 18.8 Å². The zero-order valence-corrected chi connectivity index (χ0v) is 23.1. The van der Waals surface area contributed by atoms with Crippen LogP contribution in [0, 0.1) is 11.3 Å². The Balaban J connectivity index is 1.32. The van der Waals surface area contributed by atoms with Gasteiger partial charge in [-0.25, -0.2) is 13.1 Å². The quantitative estimate of drug-likeness (QED) is 0.412. The average Bonchev–Trinajstić information content (AvgIpc) is 3.63. The van der Waals surface area contributed by atoms with E-state index in [0.717, 1.165) is 40.2 Å². The third kappa shape index (κ3) is 5.90. The van der Waals surface area contributed by atoms with Crippen LogP contribution in [0.4, 0.5) is 0 Å². The van der Waals surface area contributed by atoms with E-state index in [1.165, 1.54) is 11.3 Å². The lowest BCUT2D eigenvalue weighted by molar-refractivity contribution is 0.178. The van der Waals surface area contributed by atoms with E-state index in [-0.39, 0.29) is 24.0 Å². The van der Waals surface area contributed by atoms with Crippen molar-refractivity contribution < 1.29 is 18.3 Å². The van der Waals surface area contributed by atoms with E-state index in [0.29, 0.717) is 42.3 Å². The van der Waals surface area contributed by atoms with E-state index < -0.39 is 10.0 Å². The van der Waals surface area contributed by atoms with E-state index in [4.69, 9.17) is 4.74 Å². The Morgan fingerprint density at radius 2 is 2.05 bits per heavy atom. The summed E-state index contributed by atoms with van der Waals surface area (Å²) in [6.45, 7) is 5.51.